The highest BCUT2D eigenvalue weighted by atomic mass is 35.5. The van der Waals surface area contributed by atoms with E-state index in [0.717, 1.165) is 0 Å². The lowest BCUT2D eigenvalue weighted by molar-refractivity contribution is -0.113. The lowest BCUT2D eigenvalue weighted by Crippen LogP contribution is -2.15. The highest BCUT2D eigenvalue weighted by molar-refractivity contribution is 7.99. The summed E-state index contributed by atoms with van der Waals surface area (Å²) in [5.41, 5.74) is 1.56. The average Bonchev–Trinajstić information content (AvgIpc) is 3.06. The van der Waals surface area contributed by atoms with Crippen molar-refractivity contribution in [2.75, 3.05) is 18.2 Å². The summed E-state index contributed by atoms with van der Waals surface area (Å²) < 4.78 is 6.43. The third-order valence-electron chi connectivity index (χ3n) is 3.91. The summed E-state index contributed by atoms with van der Waals surface area (Å²) in [6.07, 6.45) is 0. The van der Waals surface area contributed by atoms with Gasteiger partial charge in [0.2, 0.25) is 5.91 Å². The van der Waals surface area contributed by atoms with Crippen molar-refractivity contribution >= 4 is 52.5 Å². The van der Waals surface area contributed by atoms with Crippen LogP contribution in [0.2, 0.25) is 10.0 Å². The van der Waals surface area contributed by atoms with Crippen LogP contribution in [-0.4, -0.2) is 39.5 Å². The number of ether oxygens (including phenoxy) is 1. The fraction of sp³-hybridized carbons (Fsp3) is 0.158. The van der Waals surface area contributed by atoms with Crippen LogP contribution in [0.5, 0.6) is 0 Å². The second-order valence-corrected chi connectivity index (χ2v) is 7.68. The van der Waals surface area contributed by atoms with E-state index in [2.05, 4.69) is 20.3 Å². The summed E-state index contributed by atoms with van der Waals surface area (Å²) >= 11 is 13.4. The number of carbonyl (C=O) groups is 2. The van der Waals surface area contributed by atoms with Crippen LogP contribution in [-0.2, 0) is 16.6 Å². The molecule has 0 aliphatic carbocycles. The predicted molar refractivity (Wildman–Crippen MR) is 114 cm³/mol. The minimum Gasteiger partial charge on any atom is -0.465 e. The molecule has 1 aromatic heterocycles. The van der Waals surface area contributed by atoms with Gasteiger partial charge in [-0.1, -0.05) is 41.0 Å². The van der Waals surface area contributed by atoms with Crippen molar-refractivity contribution in [2.45, 2.75) is 5.16 Å². The van der Waals surface area contributed by atoms with Gasteiger partial charge in [-0.05, 0) is 36.4 Å². The SMILES string of the molecule is COC(=O)c1cccc(NC(=O)CSc2nnc(-c3ccc(Cl)cc3Cl)n2C)c1. The molecule has 0 radical (unpaired) electrons. The molecule has 3 aromatic rings. The number of halogens is 2. The Kier molecular flexibility index (Phi) is 6.79. The van der Waals surface area contributed by atoms with Gasteiger partial charge in [0.05, 0.1) is 23.4 Å². The molecule has 0 bridgehead atoms. The number of amides is 1. The average molecular weight is 451 g/mol. The standard InChI is InChI=1S/C19H16Cl2N4O3S/c1-25-17(14-7-6-12(20)9-15(14)21)23-24-19(25)29-10-16(26)22-13-5-3-4-11(8-13)18(27)28-2/h3-9H,10H2,1-2H3,(H,22,26). The number of rotatable bonds is 6. The van der Waals surface area contributed by atoms with E-state index in [4.69, 9.17) is 23.2 Å². The molecule has 0 aliphatic rings. The summed E-state index contributed by atoms with van der Waals surface area (Å²) in [7, 11) is 3.09. The quantitative estimate of drug-likeness (QED) is 0.444. The number of methoxy groups -OCH3 is 1. The first-order chi connectivity index (χ1) is 13.9. The Labute approximate surface area is 181 Å². The first-order valence-electron chi connectivity index (χ1n) is 8.35. The lowest BCUT2D eigenvalue weighted by Gasteiger charge is -2.07. The Bertz CT molecular complexity index is 1070. The molecule has 0 fully saturated rings. The van der Waals surface area contributed by atoms with Crippen molar-refractivity contribution in [3.8, 4) is 11.4 Å². The number of anilines is 1. The van der Waals surface area contributed by atoms with Gasteiger partial charge in [-0.2, -0.15) is 0 Å². The van der Waals surface area contributed by atoms with Crippen LogP contribution >= 0.6 is 35.0 Å². The van der Waals surface area contributed by atoms with Gasteiger partial charge >= 0.3 is 5.97 Å². The van der Waals surface area contributed by atoms with Crippen LogP contribution in [0.25, 0.3) is 11.4 Å². The van der Waals surface area contributed by atoms with E-state index in [1.807, 2.05) is 0 Å². The van der Waals surface area contributed by atoms with Crippen molar-refractivity contribution < 1.29 is 14.3 Å². The summed E-state index contributed by atoms with van der Waals surface area (Å²) in [5, 5.41) is 12.6. The molecule has 0 atom stereocenters. The van der Waals surface area contributed by atoms with E-state index in [0.29, 0.717) is 37.8 Å². The van der Waals surface area contributed by atoms with Crippen molar-refractivity contribution in [2.24, 2.45) is 7.05 Å². The zero-order valence-corrected chi connectivity index (χ0v) is 17.8. The number of carbonyl (C=O) groups excluding carboxylic acids is 2. The van der Waals surface area contributed by atoms with Gasteiger partial charge in [-0.25, -0.2) is 4.79 Å². The molecule has 29 heavy (non-hydrogen) atoms. The third-order valence-corrected chi connectivity index (χ3v) is 5.47. The highest BCUT2D eigenvalue weighted by Gasteiger charge is 2.16. The third kappa shape index (κ3) is 5.09. The number of hydrogen-bond acceptors (Lipinski definition) is 6. The molecule has 10 heteroatoms. The van der Waals surface area contributed by atoms with Gasteiger partial charge in [-0.3, -0.25) is 4.79 Å². The van der Waals surface area contributed by atoms with E-state index in [1.54, 1.807) is 54.1 Å². The Balaban J connectivity index is 1.65. The summed E-state index contributed by atoms with van der Waals surface area (Å²) in [4.78, 5) is 23.9. The summed E-state index contributed by atoms with van der Waals surface area (Å²) in [6.45, 7) is 0. The summed E-state index contributed by atoms with van der Waals surface area (Å²) in [5.74, 6) is -0.0302. The maximum atomic E-state index is 12.3. The topological polar surface area (TPSA) is 86.1 Å². The molecule has 1 N–H and O–H groups in total. The fourth-order valence-electron chi connectivity index (χ4n) is 2.51. The van der Waals surface area contributed by atoms with Gasteiger partial charge in [0.1, 0.15) is 0 Å². The zero-order chi connectivity index (χ0) is 21.0. The second-order valence-electron chi connectivity index (χ2n) is 5.90. The minimum atomic E-state index is -0.469. The Hall–Kier alpha value is -2.55. The molecule has 0 unspecified atom stereocenters. The van der Waals surface area contributed by atoms with Gasteiger partial charge in [0.15, 0.2) is 11.0 Å². The second kappa shape index (κ2) is 9.30. The molecular formula is C19H16Cl2N4O3S. The van der Waals surface area contributed by atoms with E-state index in [9.17, 15) is 9.59 Å². The van der Waals surface area contributed by atoms with Crippen LogP contribution in [0.15, 0.2) is 47.6 Å². The largest absolute Gasteiger partial charge is 0.465 e. The van der Waals surface area contributed by atoms with Crippen molar-refractivity contribution in [1.29, 1.82) is 0 Å². The molecule has 2 aromatic carbocycles. The highest BCUT2D eigenvalue weighted by Crippen LogP contribution is 2.30. The number of benzene rings is 2. The molecule has 0 aliphatic heterocycles. The van der Waals surface area contributed by atoms with Gasteiger partial charge in [0, 0.05) is 23.3 Å². The monoisotopic (exact) mass is 450 g/mol. The van der Waals surface area contributed by atoms with Crippen LogP contribution in [0.3, 0.4) is 0 Å². The Morgan fingerprint density at radius 1 is 1.17 bits per heavy atom. The van der Waals surface area contributed by atoms with E-state index < -0.39 is 5.97 Å². The molecule has 0 saturated carbocycles. The van der Waals surface area contributed by atoms with Crippen LogP contribution in [0, 0.1) is 0 Å². The zero-order valence-electron chi connectivity index (χ0n) is 15.5. The molecular weight excluding hydrogens is 435 g/mol. The summed E-state index contributed by atoms with van der Waals surface area (Å²) in [6, 6.07) is 11.6. The van der Waals surface area contributed by atoms with Crippen LogP contribution in [0.1, 0.15) is 10.4 Å². The maximum Gasteiger partial charge on any atom is 0.337 e. The molecule has 0 saturated heterocycles. The van der Waals surface area contributed by atoms with Crippen molar-refractivity contribution in [3.05, 3.63) is 58.1 Å². The molecule has 0 spiro atoms. The number of hydrogen-bond donors (Lipinski definition) is 1. The van der Waals surface area contributed by atoms with Crippen molar-refractivity contribution in [3.63, 3.8) is 0 Å². The number of nitrogens with zero attached hydrogens (tertiary/aromatic N) is 3. The molecule has 1 heterocycles. The van der Waals surface area contributed by atoms with Gasteiger partial charge in [-0.15, -0.1) is 10.2 Å². The van der Waals surface area contributed by atoms with Crippen molar-refractivity contribution in [1.82, 2.24) is 14.8 Å². The molecule has 7 nitrogen and oxygen atoms in total. The van der Waals surface area contributed by atoms with Gasteiger partial charge in [0.25, 0.3) is 0 Å². The van der Waals surface area contributed by atoms with Crippen LogP contribution in [0.4, 0.5) is 5.69 Å². The molecule has 1 amide bonds. The Morgan fingerprint density at radius 2 is 1.97 bits per heavy atom. The maximum absolute atomic E-state index is 12.3. The molecule has 150 valence electrons. The normalized spacial score (nSPS) is 10.6. The Morgan fingerprint density at radius 3 is 2.69 bits per heavy atom. The smallest absolute Gasteiger partial charge is 0.337 e. The number of thioether (sulfide) groups is 1. The van der Waals surface area contributed by atoms with E-state index in [1.165, 1.54) is 18.9 Å². The number of esters is 1. The first kappa shape index (κ1) is 21.2. The van der Waals surface area contributed by atoms with E-state index >= 15 is 0 Å². The van der Waals surface area contributed by atoms with E-state index in [-0.39, 0.29) is 11.7 Å². The fourth-order valence-corrected chi connectivity index (χ4v) is 3.72. The first-order valence-corrected chi connectivity index (χ1v) is 10.1. The lowest BCUT2D eigenvalue weighted by atomic mass is 10.2. The molecule has 3 rings (SSSR count). The van der Waals surface area contributed by atoms with Crippen LogP contribution < -0.4 is 5.32 Å². The number of nitrogens with one attached hydrogen (secondary N) is 1. The number of aromatic nitrogens is 3. The van der Waals surface area contributed by atoms with Gasteiger partial charge < -0.3 is 14.6 Å². The predicted octanol–water partition coefficient (Wildman–Crippen LogP) is 4.31. The minimum absolute atomic E-state index is 0.114.